The molecule has 1 aromatic heterocycles. The van der Waals surface area contributed by atoms with Crippen molar-refractivity contribution in [3.63, 3.8) is 0 Å². The third kappa shape index (κ3) is 7.42. The minimum atomic E-state index is -0.576. The summed E-state index contributed by atoms with van der Waals surface area (Å²) in [6.07, 6.45) is 5.43. The highest BCUT2D eigenvalue weighted by molar-refractivity contribution is 9.10. The summed E-state index contributed by atoms with van der Waals surface area (Å²) in [5.74, 6) is 3.03. The van der Waals surface area contributed by atoms with E-state index in [1.54, 1.807) is 23.6 Å². The second kappa shape index (κ2) is 15.3. The number of nitrogens with zero attached hydrogens (tertiary/aromatic N) is 3. The molecule has 2 heterocycles. The number of hydrogen-bond acceptors (Lipinski definition) is 8. The first-order chi connectivity index (χ1) is 20.4. The summed E-state index contributed by atoms with van der Waals surface area (Å²) in [5, 5.41) is 11.9. The van der Waals surface area contributed by atoms with Crippen molar-refractivity contribution < 1.29 is 19.0 Å². The zero-order valence-electron chi connectivity index (χ0n) is 25.0. The first-order valence-corrected chi connectivity index (χ1v) is 16.3. The van der Waals surface area contributed by atoms with E-state index in [-0.39, 0.29) is 5.91 Å². The van der Waals surface area contributed by atoms with Crippen LogP contribution in [0.2, 0.25) is 0 Å². The highest BCUT2D eigenvalue weighted by atomic mass is 79.9. The lowest BCUT2D eigenvalue weighted by Gasteiger charge is -2.29. The van der Waals surface area contributed by atoms with Crippen molar-refractivity contribution in [1.82, 2.24) is 14.8 Å². The van der Waals surface area contributed by atoms with E-state index in [9.17, 15) is 4.79 Å². The normalized spacial score (nSPS) is 14.3. The van der Waals surface area contributed by atoms with Crippen LogP contribution in [0, 0.1) is 0 Å². The van der Waals surface area contributed by atoms with E-state index in [4.69, 9.17) is 24.3 Å². The molecular weight excluding hydrogens is 618 g/mol. The Kier molecular flexibility index (Phi) is 11.6. The topological polar surface area (TPSA) is 99.5 Å². The van der Waals surface area contributed by atoms with Crippen LogP contribution in [0.1, 0.15) is 71.4 Å². The van der Waals surface area contributed by atoms with Gasteiger partial charge in [-0.1, -0.05) is 57.0 Å². The standard InChI is InChI=1S/C31H40BrN5O4S/c1-6-9-10-13-16-41-28-22(32)18-21(19-25(28)39-5)27-26(29(38)34-23-14-11-12-15-24(23)40-8-3)20(4)33-30-35-31(36-37(27)30)42-17-7-2/h11-12,14-15,18-19,27H,6-10,13,16-17H2,1-5H3,(H,34,38)(H,33,35,36). The number of methoxy groups -OCH3 is 1. The molecule has 0 saturated heterocycles. The Hall–Kier alpha value is -3.18. The van der Waals surface area contributed by atoms with E-state index in [2.05, 4.69) is 40.4 Å². The average molecular weight is 659 g/mol. The fraction of sp³-hybridized carbons (Fsp3) is 0.452. The molecule has 0 spiro atoms. The van der Waals surface area contributed by atoms with Gasteiger partial charge in [0.2, 0.25) is 11.1 Å². The monoisotopic (exact) mass is 657 g/mol. The number of rotatable bonds is 15. The fourth-order valence-electron chi connectivity index (χ4n) is 4.77. The zero-order valence-corrected chi connectivity index (χ0v) is 27.4. The number of hydrogen-bond donors (Lipinski definition) is 2. The van der Waals surface area contributed by atoms with Crippen LogP contribution < -0.4 is 24.8 Å². The summed E-state index contributed by atoms with van der Waals surface area (Å²) in [6.45, 7) is 9.19. The molecule has 2 N–H and O–H groups in total. The van der Waals surface area contributed by atoms with Crippen LogP contribution in [0.3, 0.4) is 0 Å². The maximum Gasteiger partial charge on any atom is 0.255 e. The highest BCUT2D eigenvalue weighted by Gasteiger charge is 2.35. The molecule has 0 radical (unpaired) electrons. The highest BCUT2D eigenvalue weighted by Crippen LogP contribution is 2.43. The molecule has 42 heavy (non-hydrogen) atoms. The molecule has 0 bridgehead atoms. The Bertz CT molecular complexity index is 1410. The van der Waals surface area contributed by atoms with Gasteiger partial charge in [-0.15, -0.1) is 5.10 Å². The van der Waals surface area contributed by atoms with Gasteiger partial charge in [0.1, 0.15) is 11.8 Å². The number of thioether (sulfide) groups is 1. The third-order valence-corrected chi connectivity index (χ3v) is 8.39. The Morgan fingerprint density at radius 3 is 2.64 bits per heavy atom. The number of carbonyl (C=O) groups is 1. The van der Waals surface area contributed by atoms with Gasteiger partial charge >= 0.3 is 0 Å². The molecule has 2 aromatic carbocycles. The van der Waals surface area contributed by atoms with Crippen LogP contribution in [0.4, 0.5) is 11.6 Å². The van der Waals surface area contributed by atoms with E-state index >= 15 is 0 Å². The molecule has 1 aliphatic rings. The van der Waals surface area contributed by atoms with Crippen LogP contribution in [0.5, 0.6) is 17.2 Å². The van der Waals surface area contributed by atoms with Crippen molar-refractivity contribution in [2.24, 2.45) is 0 Å². The van der Waals surface area contributed by atoms with Crippen molar-refractivity contribution in [1.29, 1.82) is 0 Å². The lowest BCUT2D eigenvalue weighted by atomic mass is 9.94. The van der Waals surface area contributed by atoms with Crippen molar-refractivity contribution in [3.8, 4) is 17.2 Å². The molecule has 1 amide bonds. The minimum absolute atomic E-state index is 0.271. The molecule has 226 valence electrons. The Morgan fingerprint density at radius 1 is 1.10 bits per heavy atom. The molecular formula is C31H40BrN5O4S. The SMILES string of the molecule is CCCCCCOc1c(Br)cc(C2C(C(=O)Nc3ccccc3OCC)=C(C)Nc3nc(SCCC)nn32)cc1OC. The molecule has 1 unspecified atom stereocenters. The summed E-state index contributed by atoms with van der Waals surface area (Å²) in [5.41, 5.74) is 2.59. The van der Waals surface area contributed by atoms with Crippen molar-refractivity contribution >= 4 is 45.2 Å². The fourth-order valence-corrected chi connectivity index (χ4v) is 6.03. The predicted octanol–water partition coefficient (Wildman–Crippen LogP) is 7.84. The number of unbranched alkanes of at least 4 members (excludes halogenated alkanes) is 3. The van der Waals surface area contributed by atoms with E-state index in [0.717, 1.165) is 35.1 Å². The lowest BCUT2D eigenvalue weighted by molar-refractivity contribution is -0.113. The van der Waals surface area contributed by atoms with Gasteiger partial charge in [-0.2, -0.15) is 4.98 Å². The number of benzene rings is 2. The largest absolute Gasteiger partial charge is 0.493 e. The number of nitrogens with one attached hydrogen (secondary N) is 2. The van der Waals surface area contributed by atoms with E-state index in [1.165, 1.54) is 12.8 Å². The average Bonchev–Trinajstić information content (AvgIpc) is 3.38. The quantitative estimate of drug-likeness (QED) is 0.126. The first-order valence-electron chi connectivity index (χ1n) is 14.5. The molecule has 9 nitrogen and oxygen atoms in total. The number of ether oxygens (including phenoxy) is 3. The summed E-state index contributed by atoms with van der Waals surface area (Å²) in [7, 11) is 1.62. The number of fused-ring (bicyclic) bond motifs is 1. The number of aromatic nitrogens is 3. The molecule has 4 rings (SSSR count). The van der Waals surface area contributed by atoms with E-state index < -0.39 is 6.04 Å². The smallest absolute Gasteiger partial charge is 0.255 e. The minimum Gasteiger partial charge on any atom is -0.493 e. The van der Waals surface area contributed by atoms with Gasteiger partial charge in [0.15, 0.2) is 11.5 Å². The number of halogens is 1. The van der Waals surface area contributed by atoms with Crippen LogP contribution in [-0.2, 0) is 4.79 Å². The van der Waals surface area contributed by atoms with Gasteiger partial charge in [-0.05, 0) is 72.4 Å². The van der Waals surface area contributed by atoms with Crippen molar-refractivity contribution in [2.75, 3.05) is 36.7 Å². The molecule has 3 aromatic rings. The molecule has 11 heteroatoms. The summed E-state index contributed by atoms with van der Waals surface area (Å²) in [4.78, 5) is 18.8. The van der Waals surface area contributed by atoms with Crippen molar-refractivity contribution in [3.05, 3.63) is 57.7 Å². The van der Waals surface area contributed by atoms with Gasteiger partial charge in [0, 0.05) is 11.4 Å². The molecule has 1 aliphatic heterocycles. The molecule has 0 fully saturated rings. The van der Waals surface area contributed by atoms with Crippen molar-refractivity contribution in [2.45, 2.75) is 71.0 Å². The van der Waals surface area contributed by atoms with Crippen LogP contribution in [0.25, 0.3) is 0 Å². The van der Waals surface area contributed by atoms with Gasteiger partial charge in [0.25, 0.3) is 5.91 Å². The number of anilines is 2. The van der Waals surface area contributed by atoms with Gasteiger partial charge in [-0.3, -0.25) is 4.79 Å². The van der Waals surface area contributed by atoms with E-state index in [0.29, 0.717) is 58.5 Å². The number of carbonyl (C=O) groups excluding carboxylic acids is 1. The number of allylic oxidation sites excluding steroid dienone is 1. The summed E-state index contributed by atoms with van der Waals surface area (Å²) in [6, 6.07) is 10.7. The maximum atomic E-state index is 14.0. The van der Waals surface area contributed by atoms with Crippen LogP contribution >= 0.6 is 27.7 Å². The second-order valence-electron chi connectivity index (χ2n) is 9.90. The maximum absolute atomic E-state index is 14.0. The number of para-hydroxylation sites is 2. The zero-order chi connectivity index (χ0) is 30.1. The van der Waals surface area contributed by atoms with Gasteiger partial charge in [0.05, 0.1) is 36.1 Å². The van der Waals surface area contributed by atoms with Crippen LogP contribution in [-0.4, -0.2) is 46.7 Å². The predicted molar refractivity (Wildman–Crippen MR) is 172 cm³/mol. The van der Waals surface area contributed by atoms with Crippen LogP contribution in [0.15, 0.2) is 57.3 Å². The van der Waals surface area contributed by atoms with Gasteiger partial charge in [-0.25, -0.2) is 4.68 Å². The Labute approximate surface area is 260 Å². The Morgan fingerprint density at radius 2 is 1.90 bits per heavy atom. The molecule has 0 aliphatic carbocycles. The van der Waals surface area contributed by atoms with Gasteiger partial charge < -0.3 is 24.8 Å². The lowest BCUT2D eigenvalue weighted by Crippen LogP contribution is -2.31. The Balaban J connectivity index is 1.74. The second-order valence-corrected chi connectivity index (χ2v) is 11.8. The molecule has 1 atom stereocenters. The first kappa shape index (κ1) is 31.7. The number of amides is 1. The summed E-state index contributed by atoms with van der Waals surface area (Å²) >= 11 is 5.30. The summed E-state index contributed by atoms with van der Waals surface area (Å²) < 4.78 is 20.2. The third-order valence-electron chi connectivity index (χ3n) is 6.76. The van der Waals surface area contributed by atoms with E-state index in [1.807, 2.05) is 50.2 Å². The molecule has 0 saturated carbocycles.